The second-order valence-corrected chi connectivity index (χ2v) is 11.4. The molecule has 1 heterocycles. The monoisotopic (exact) mass is 634 g/mol. The maximum atomic E-state index is 14.0. The third kappa shape index (κ3) is 10.1. The third-order valence-electron chi connectivity index (χ3n) is 7.19. The van der Waals surface area contributed by atoms with Gasteiger partial charge in [-0.2, -0.15) is 0 Å². The lowest BCUT2D eigenvalue weighted by Gasteiger charge is -2.20. The predicted molar refractivity (Wildman–Crippen MR) is 176 cm³/mol. The lowest BCUT2D eigenvalue weighted by Crippen LogP contribution is -2.22. The molecule has 46 heavy (non-hydrogen) atoms. The van der Waals surface area contributed by atoms with E-state index in [4.69, 9.17) is 15.3 Å². The molecular formula is C36H43FN2O7. The Morgan fingerprint density at radius 3 is 1.91 bits per heavy atom. The maximum absolute atomic E-state index is 14.0. The second-order valence-electron chi connectivity index (χ2n) is 11.4. The molecular weight excluding hydrogens is 591 g/mol. The molecule has 0 fully saturated rings. The average Bonchev–Trinajstić information content (AvgIpc) is 3.37. The number of aliphatic carboxylic acids is 1. The zero-order valence-electron chi connectivity index (χ0n) is 26.3. The SMILES string of the molecule is CC(C)c1c(C(=O)Nc2ccccc2)c(-c2ccccc2)c(-c2ccc(F)cc2)n1CC[C@@H](O)C[C@@H](O)CC(=O)O.CC(O)CO. The summed E-state index contributed by atoms with van der Waals surface area (Å²) in [7, 11) is 0. The van der Waals surface area contributed by atoms with E-state index in [0.717, 1.165) is 11.3 Å². The lowest BCUT2D eigenvalue weighted by molar-refractivity contribution is -0.139. The lowest BCUT2D eigenvalue weighted by atomic mass is 9.94. The standard InChI is InChI=1S/C33H35FN2O5.C3H8O2/c1-21(2)31-30(33(41)35-25-11-7-4-8-12-25)29(22-9-5-3-6-10-22)32(23-13-15-24(34)16-14-23)36(31)18-17-26(37)19-27(38)20-28(39)40;1-3(5)2-4/h3-16,21,26-27,37-38H,17-20H2,1-2H3,(H,35,41)(H,39,40);3-5H,2H2,1H3/t26-,27-;/m1./s1. The summed E-state index contributed by atoms with van der Waals surface area (Å²) >= 11 is 0. The number of carboxylic acid groups (broad SMARTS) is 1. The number of aliphatic hydroxyl groups excluding tert-OH is 4. The third-order valence-corrected chi connectivity index (χ3v) is 7.19. The molecule has 0 bridgehead atoms. The summed E-state index contributed by atoms with van der Waals surface area (Å²) in [5.41, 5.74) is 4.77. The van der Waals surface area contributed by atoms with E-state index >= 15 is 0 Å². The minimum Gasteiger partial charge on any atom is -0.481 e. The molecule has 0 spiro atoms. The average molecular weight is 635 g/mol. The van der Waals surface area contributed by atoms with E-state index in [-0.39, 0.29) is 43.6 Å². The number of hydrogen-bond acceptors (Lipinski definition) is 6. The normalized spacial score (nSPS) is 13.0. The van der Waals surface area contributed by atoms with E-state index in [1.807, 2.05) is 79.1 Å². The van der Waals surface area contributed by atoms with Crippen LogP contribution in [-0.2, 0) is 11.3 Å². The first-order valence-corrected chi connectivity index (χ1v) is 15.2. The Morgan fingerprint density at radius 1 is 0.826 bits per heavy atom. The maximum Gasteiger partial charge on any atom is 0.305 e. The van der Waals surface area contributed by atoms with Gasteiger partial charge in [0, 0.05) is 23.5 Å². The van der Waals surface area contributed by atoms with E-state index in [1.165, 1.54) is 19.1 Å². The highest BCUT2D eigenvalue weighted by atomic mass is 19.1. The highest BCUT2D eigenvalue weighted by Gasteiger charge is 2.31. The summed E-state index contributed by atoms with van der Waals surface area (Å²) in [6.07, 6.45) is -3.07. The Bertz CT molecular complexity index is 1540. The molecule has 9 nitrogen and oxygen atoms in total. The number of nitrogens with one attached hydrogen (secondary N) is 1. The van der Waals surface area contributed by atoms with Crippen LogP contribution in [-0.4, -0.2) is 66.9 Å². The van der Waals surface area contributed by atoms with Crippen LogP contribution in [0.15, 0.2) is 84.9 Å². The van der Waals surface area contributed by atoms with Gasteiger partial charge in [0.05, 0.1) is 42.6 Å². The fourth-order valence-corrected chi connectivity index (χ4v) is 5.20. The quantitative estimate of drug-likeness (QED) is 0.111. The highest BCUT2D eigenvalue weighted by molar-refractivity contribution is 6.12. The zero-order valence-corrected chi connectivity index (χ0v) is 26.3. The Kier molecular flexibility index (Phi) is 13.6. The minimum absolute atomic E-state index is 0.0939. The van der Waals surface area contributed by atoms with Crippen molar-refractivity contribution >= 4 is 17.6 Å². The van der Waals surface area contributed by atoms with E-state index in [1.54, 1.807) is 12.1 Å². The van der Waals surface area contributed by atoms with Crippen molar-refractivity contribution < 1.29 is 39.5 Å². The largest absolute Gasteiger partial charge is 0.481 e. The number of rotatable bonds is 13. The van der Waals surface area contributed by atoms with Crippen LogP contribution in [0.5, 0.6) is 0 Å². The highest BCUT2D eigenvalue weighted by Crippen LogP contribution is 2.42. The van der Waals surface area contributed by atoms with Crippen LogP contribution in [0.3, 0.4) is 0 Å². The van der Waals surface area contributed by atoms with Gasteiger partial charge >= 0.3 is 5.97 Å². The van der Waals surface area contributed by atoms with Crippen LogP contribution in [0.4, 0.5) is 10.1 Å². The van der Waals surface area contributed by atoms with Gasteiger partial charge in [-0.15, -0.1) is 0 Å². The molecule has 0 aliphatic heterocycles. The van der Waals surface area contributed by atoms with Gasteiger partial charge in [0.1, 0.15) is 5.82 Å². The molecule has 1 aromatic heterocycles. The number of benzene rings is 3. The molecule has 3 aromatic carbocycles. The molecule has 0 radical (unpaired) electrons. The van der Waals surface area contributed by atoms with E-state index < -0.39 is 30.7 Å². The van der Waals surface area contributed by atoms with Gasteiger partial charge < -0.3 is 35.4 Å². The predicted octanol–water partition coefficient (Wildman–Crippen LogP) is 5.67. The van der Waals surface area contributed by atoms with Gasteiger partial charge in [-0.25, -0.2) is 4.39 Å². The van der Waals surface area contributed by atoms with Crippen molar-refractivity contribution in [2.24, 2.45) is 0 Å². The van der Waals surface area contributed by atoms with Crippen molar-refractivity contribution in [2.45, 2.75) is 70.8 Å². The van der Waals surface area contributed by atoms with Gasteiger partial charge in [-0.1, -0.05) is 62.4 Å². The first-order chi connectivity index (χ1) is 21.9. The Morgan fingerprint density at radius 2 is 1.39 bits per heavy atom. The van der Waals surface area contributed by atoms with Crippen LogP contribution in [0, 0.1) is 5.82 Å². The van der Waals surface area contributed by atoms with Gasteiger partial charge in [0.2, 0.25) is 0 Å². The molecule has 10 heteroatoms. The smallest absolute Gasteiger partial charge is 0.305 e. The number of nitrogens with zero attached hydrogens (tertiary/aromatic N) is 1. The number of carbonyl (C=O) groups excluding carboxylic acids is 1. The number of halogens is 1. The molecule has 3 atom stereocenters. The summed E-state index contributed by atoms with van der Waals surface area (Å²) in [4.78, 5) is 25.0. The van der Waals surface area contributed by atoms with Crippen molar-refractivity contribution in [1.82, 2.24) is 4.57 Å². The molecule has 6 N–H and O–H groups in total. The number of aliphatic hydroxyl groups is 4. The van der Waals surface area contributed by atoms with Crippen molar-refractivity contribution in [1.29, 1.82) is 0 Å². The Hall–Kier alpha value is -4.35. The minimum atomic E-state index is -1.18. The van der Waals surface area contributed by atoms with Crippen molar-refractivity contribution in [3.8, 4) is 22.4 Å². The Labute approximate surface area is 268 Å². The van der Waals surface area contributed by atoms with Crippen LogP contribution < -0.4 is 5.32 Å². The number of carbonyl (C=O) groups is 2. The summed E-state index contributed by atoms with van der Waals surface area (Å²) in [5, 5.41) is 48.8. The molecule has 246 valence electrons. The van der Waals surface area contributed by atoms with Crippen LogP contribution in [0.25, 0.3) is 22.4 Å². The number of aromatic nitrogens is 1. The zero-order chi connectivity index (χ0) is 33.8. The summed E-state index contributed by atoms with van der Waals surface area (Å²) in [6, 6.07) is 24.8. The number of amides is 1. The number of para-hydroxylation sites is 1. The summed E-state index contributed by atoms with van der Waals surface area (Å²) < 4.78 is 16.0. The van der Waals surface area contributed by atoms with E-state index in [2.05, 4.69) is 5.32 Å². The van der Waals surface area contributed by atoms with Crippen LogP contribution >= 0.6 is 0 Å². The van der Waals surface area contributed by atoms with Gasteiger partial charge in [0.25, 0.3) is 5.91 Å². The molecule has 0 saturated heterocycles. The molecule has 1 unspecified atom stereocenters. The van der Waals surface area contributed by atoms with Crippen LogP contribution in [0.2, 0.25) is 0 Å². The van der Waals surface area contributed by atoms with Crippen molar-refractivity contribution in [3.05, 3.63) is 102 Å². The number of hydrogen-bond donors (Lipinski definition) is 6. The van der Waals surface area contributed by atoms with Crippen LogP contribution in [0.1, 0.15) is 62.0 Å². The second kappa shape index (κ2) is 17.4. The van der Waals surface area contributed by atoms with Gasteiger partial charge in [-0.3, -0.25) is 9.59 Å². The van der Waals surface area contributed by atoms with Gasteiger partial charge in [0.15, 0.2) is 0 Å². The molecule has 4 aromatic rings. The first kappa shape index (κ1) is 36.1. The topological polar surface area (TPSA) is 152 Å². The Balaban J connectivity index is 0.00000107. The fourth-order valence-electron chi connectivity index (χ4n) is 5.20. The van der Waals surface area contributed by atoms with Crippen molar-refractivity contribution in [2.75, 3.05) is 11.9 Å². The van der Waals surface area contributed by atoms with Gasteiger partial charge in [-0.05, 0) is 73.2 Å². The van der Waals surface area contributed by atoms with Crippen molar-refractivity contribution in [3.63, 3.8) is 0 Å². The van der Waals surface area contributed by atoms with E-state index in [0.29, 0.717) is 28.1 Å². The molecule has 4 rings (SSSR count). The van der Waals surface area contributed by atoms with E-state index in [9.17, 15) is 24.2 Å². The fraction of sp³-hybridized carbons (Fsp3) is 0.333. The molecule has 0 aliphatic carbocycles. The first-order valence-electron chi connectivity index (χ1n) is 15.2. The molecule has 1 amide bonds. The molecule has 0 saturated carbocycles. The number of carboxylic acids is 1. The molecule has 0 aliphatic rings. The summed E-state index contributed by atoms with van der Waals surface area (Å²) in [6.45, 7) is 5.64. The summed E-state index contributed by atoms with van der Waals surface area (Å²) in [5.74, 6) is -1.93. The number of anilines is 1.